The summed E-state index contributed by atoms with van der Waals surface area (Å²) in [6.07, 6.45) is 6.59. The monoisotopic (exact) mass is 580 g/mol. The first-order valence-electron chi connectivity index (χ1n) is 15.2. The van der Waals surface area contributed by atoms with Gasteiger partial charge < -0.3 is 15.7 Å². The summed E-state index contributed by atoms with van der Waals surface area (Å²) >= 11 is 0. The maximum Gasteiger partial charge on any atom is 0.256 e. The summed E-state index contributed by atoms with van der Waals surface area (Å²) in [6, 6.07) is 28.0. The molecular formula is C36H32N6O2. The van der Waals surface area contributed by atoms with Gasteiger partial charge in [-0.1, -0.05) is 66.7 Å². The van der Waals surface area contributed by atoms with Gasteiger partial charge in [0.15, 0.2) is 6.23 Å². The van der Waals surface area contributed by atoms with Gasteiger partial charge in [0.25, 0.3) is 5.91 Å². The fourth-order valence-corrected chi connectivity index (χ4v) is 7.03. The molecule has 6 aromatic rings. The van der Waals surface area contributed by atoms with E-state index in [1.54, 1.807) is 17.2 Å². The Morgan fingerprint density at radius 2 is 1.64 bits per heavy atom. The average Bonchev–Trinajstić information content (AvgIpc) is 3.58. The zero-order valence-corrected chi connectivity index (χ0v) is 24.2. The Hall–Kier alpha value is -5.08. The van der Waals surface area contributed by atoms with E-state index in [9.17, 15) is 9.90 Å². The quantitative estimate of drug-likeness (QED) is 0.237. The van der Waals surface area contributed by atoms with Gasteiger partial charge in [0, 0.05) is 52.5 Å². The van der Waals surface area contributed by atoms with Crippen LogP contribution in [0.3, 0.4) is 0 Å². The molecule has 3 aromatic carbocycles. The number of aromatic nitrogens is 4. The highest BCUT2D eigenvalue weighted by Gasteiger charge is 2.37. The topological polar surface area (TPSA) is 110 Å². The molecule has 1 atom stereocenters. The average molecular weight is 581 g/mol. The second-order valence-electron chi connectivity index (χ2n) is 12.0. The normalized spacial score (nSPS) is 20.0. The van der Waals surface area contributed by atoms with Gasteiger partial charge >= 0.3 is 0 Å². The van der Waals surface area contributed by atoms with Crippen LogP contribution in [0, 0.1) is 5.92 Å². The van der Waals surface area contributed by atoms with Gasteiger partial charge in [-0.3, -0.25) is 9.20 Å². The van der Waals surface area contributed by atoms with Crippen molar-refractivity contribution in [3.63, 3.8) is 0 Å². The number of anilines is 1. The molecule has 1 aliphatic carbocycles. The number of carbonyl (C=O) groups is 1. The molecule has 8 rings (SSSR count). The number of fused-ring (bicyclic) bond motifs is 3. The Morgan fingerprint density at radius 3 is 2.45 bits per heavy atom. The molecule has 3 N–H and O–H groups in total. The van der Waals surface area contributed by atoms with E-state index < -0.39 is 6.23 Å². The summed E-state index contributed by atoms with van der Waals surface area (Å²) in [7, 11) is 0. The summed E-state index contributed by atoms with van der Waals surface area (Å²) in [4.78, 5) is 29.2. The number of carbonyl (C=O) groups excluding carboxylic acids is 1. The minimum absolute atomic E-state index is 0.0807. The number of aliphatic hydroxyl groups excluding tert-OH is 1. The number of rotatable bonds is 5. The predicted octanol–water partition coefficient (Wildman–Crippen LogP) is 6.61. The van der Waals surface area contributed by atoms with Crippen molar-refractivity contribution >= 4 is 28.1 Å². The van der Waals surface area contributed by atoms with Gasteiger partial charge in [0.2, 0.25) is 0 Å². The van der Waals surface area contributed by atoms with Crippen molar-refractivity contribution < 1.29 is 9.90 Å². The Balaban J connectivity index is 1.07. The first-order chi connectivity index (χ1) is 21.5. The molecule has 0 saturated heterocycles. The fourth-order valence-electron chi connectivity index (χ4n) is 7.03. The lowest BCUT2D eigenvalue weighted by atomic mass is 9.81. The summed E-state index contributed by atoms with van der Waals surface area (Å²) in [6.45, 7) is 0.556. The van der Waals surface area contributed by atoms with Crippen molar-refractivity contribution in [3.05, 3.63) is 114 Å². The van der Waals surface area contributed by atoms with Crippen LogP contribution < -0.4 is 5.73 Å². The van der Waals surface area contributed by atoms with Crippen LogP contribution in [-0.2, 0) is 0 Å². The van der Waals surface area contributed by atoms with Crippen molar-refractivity contribution in [2.45, 2.75) is 37.8 Å². The number of benzene rings is 3. The minimum atomic E-state index is -0.870. The van der Waals surface area contributed by atoms with Crippen LogP contribution in [0.5, 0.6) is 0 Å². The largest absolute Gasteiger partial charge is 0.382 e. The van der Waals surface area contributed by atoms with Gasteiger partial charge in [0.1, 0.15) is 22.9 Å². The van der Waals surface area contributed by atoms with Crippen LogP contribution >= 0.6 is 0 Å². The molecule has 1 fully saturated rings. The number of hydrogen-bond acceptors (Lipinski definition) is 6. The van der Waals surface area contributed by atoms with Gasteiger partial charge in [-0.15, -0.1) is 0 Å². The van der Waals surface area contributed by atoms with Gasteiger partial charge in [0.05, 0.1) is 11.2 Å². The number of pyridine rings is 1. The summed E-state index contributed by atoms with van der Waals surface area (Å²) in [5.41, 5.74) is 13.3. The van der Waals surface area contributed by atoms with E-state index in [1.165, 1.54) is 0 Å². The Bertz CT molecular complexity index is 2030. The molecule has 1 aliphatic heterocycles. The van der Waals surface area contributed by atoms with Crippen molar-refractivity contribution in [1.82, 2.24) is 24.3 Å². The number of nitrogen functional groups attached to an aromatic ring is 1. The summed E-state index contributed by atoms with van der Waals surface area (Å²) in [5, 5.41) is 11.9. The first kappa shape index (κ1) is 26.5. The third-order valence-electron chi connectivity index (χ3n) is 9.34. The molecule has 3 aromatic heterocycles. The zero-order chi connectivity index (χ0) is 29.8. The first-order valence-corrected chi connectivity index (χ1v) is 15.2. The maximum atomic E-state index is 13.0. The fraction of sp³-hybridized carbons (Fsp3) is 0.222. The predicted molar refractivity (Wildman–Crippen MR) is 171 cm³/mol. The SMILES string of the molecule is Nc1nccn2c(C3CCC(CN4C(=O)c5ccccc5C4O)CC3)nc(-c3ccc4ccc(-c5ccccc5)nc4c3)c12. The second-order valence-corrected chi connectivity index (χ2v) is 12.0. The van der Waals surface area contributed by atoms with E-state index in [4.69, 9.17) is 15.7 Å². The number of imidazole rings is 1. The molecule has 0 spiro atoms. The van der Waals surface area contributed by atoms with Crippen LogP contribution in [0.25, 0.3) is 38.9 Å². The highest BCUT2D eigenvalue weighted by atomic mass is 16.3. The van der Waals surface area contributed by atoms with Crippen molar-refractivity contribution in [2.75, 3.05) is 12.3 Å². The van der Waals surface area contributed by atoms with Crippen molar-refractivity contribution in [2.24, 2.45) is 5.92 Å². The van der Waals surface area contributed by atoms with E-state index in [1.807, 2.05) is 42.6 Å². The molecule has 1 amide bonds. The smallest absolute Gasteiger partial charge is 0.256 e. The maximum absolute atomic E-state index is 13.0. The van der Waals surface area contributed by atoms with Gasteiger partial charge in [-0.25, -0.2) is 15.0 Å². The van der Waals surface area contributed by atoms with Crippen LogP contribution in [0.2, 0.25) is 0 Å². The molecular weight excluding hydrogens is 548 g/mol. The molecule has 2 aliphatic rings. The van der Waals surface area contributed by atoms with E-state index >= 15 is 0 Å². The third-order valence-corrected chi connectivity index (χ3v) is 9.34. The number of hydrogen-bond donors (Lipinski definition) is 2. The lowest BCUT2D eigenvalue weighted by molar-refractivity contribution is 0.00763. The molecule has 8 nitrogen and oxygen atoms in total. The number of nitrogens with two attached hydrogens (primary N) is 1. The zero-order valence-electron chi connectivity index (χ0n) is 24.2. The second kappa shape index (κ2) is 10.6. The lowest BCUT2D eigenvalue weighted by Crippen LogP contribution is -2.34. The van der Waals surface area contributed by atoms with Crippen LogP contribution in [0.1, 0.15) is 59.6 Å². The van der Waals surface area contributed by atoms with Crippen LogP contribution in [-0.4, -0.2) is 41.8 Å². The van der Waals surface area contributed by atoms with E-state index in [-0.39, 0.29) is 11.8 Å². The van der Waals surface area contributed by atoms with E-state index in [0.717, 1.165) is 70.4 Å². The number of amides is 1. The molecule has 1 saturated carbocycles. The van der Waals surface area contributed by atoms with Crippen molar-refractivity contribution in [1.29, 1.82) is 0 Å². The number of nitrogens with zero attached hydrogens (tertiary/aromatic N) is 5. The highest BCUT2D eigenvalue weighted by Crippen LogP contribution is 2.41. The Labute approximate surface area is 254 Å². The summed E-state index contributed by atoms with van der Waals surface area (Å²) in [5.74, 6) is 1.92. The molecule has 0 radical (unpaired) electrons. The van der Waals surface area contributed by atoms with Gasteiger partial charge in [-0.2, -0.15) is 0 Å². The molecule has 0 bridgehead atoms. The highest BCUT2D eigenvalue weighted by molar-refractivity contribution is 5.99. The molecule has 1 unspecified atom stereocenters. The van der Waals surface area contributed by atoms with Crippen LogP contribution in [0.15, 0.2) is 97.3 Å². The van der Waals surface area contributed by atoms with Crippen molar-refractivity contribution in [3.8, 4) is 22.5 Å². The lowest BCUT2D eigenvalue weighted by Gasteiger charge is -2.32. The molecule has 4 heterocycles. The molecule has 8 heteroatoms. The standard InChI is InChI=1S/C36H32N6O2/c37-33-32-31(26-15-14-24-16-17-29(39-30(24)20-26)23-6-2-1-3-7-23)40-34(41(32)19-18-38-33)25-12-10-22(11-13-25)21-42-35(43)27-8-4-5-9-28(27)36(42)44/h1-9,14-20,22,25,35,43H,10-13,21H2,(H2,37,38). The third kappa shape index (κ3) is 4.41. The summed E-state index contributed by atoms with van der Waals surface area (Å²) < 4.78 is 2.10. The Kier molecular flexibility index (Phi) is 6.38. The van der Waals surface area contributed by atoms with Gasteiger partial charge in [-0.05, 0) is 49.8 Å². The number of aliphatic hydroxyl groups is 1. The van der Waals surface area contributed by atoms with Crippen LogP contribution in [0.4, 0.5) is 5.82 Å². The Morgan fingerprint density at radius 1 is 0.864 bits per heavy atom. The van der Waals surface area contributed by atoms with E-state index in [0.29, 0.717) is 29.4 Å². The minimum Gasteiger partial charge on any atom is -0.382 e. The van der Waals surface area contributed by atoms with E-state index in [2.05, 4.69) is 51.8 Å². The molecule has 44 heavy (non-hydrogen) atoms. The molecule has 218 valence electrons.